The van der Waals surface area contributed by atoms with Gasteiger partial charge in [-0.2, -0.15) is 5.10 Å². The molecule has 1 amide bonds. The Bertz CT molecular complexity index is 649. The van der Waals surface area contributed by atoms with Crippen LogP contribution in [0.4, 0.5) is 5.13 Å². The van der Waals surface area contributed by atoms with Crippen LogP contribution in [0.25, 0.3) is 0 Å². The number of piperidine rings is 1. The van der Waals surface area contributed by atoms with E-state index in [1.807, 2.05) is 23.1 Å². The number of hydrogen-bond acceptors (Lipinski definition) is 6. The standard InChI is InChI=1S/C16H23N5O2S/c1-12(15(23)19-16-17-6-11-24-16)20-7-3-13(4-8-20)14-2-5-18-21(14)9-10-22/h2,5-6,11-13,22H,3-4,7-10H2,1H3,(H,17,19,23). The molecule has 1 unspecified atom stereocenters. The molecule has 0 bridgehead atoms. The maximum Gasteiger partial charge on any atom is 0.243 e. The molecule has 0 aromatic carbocycles. The van der Waals surface area contributed by atoms with E-state index in [0.717, 1.165) is 25.9 Å². The highest BCUT2D eigenvalue weighted by Crippen LogP contribution is 2.28. The summed E-state index contributed by atoms with van der Waals surface area (Å²) >= 11 is 1.43. The quantitative estimate of drug-likeness (QED) is 0.826. The van der Waals surface area contributed by atoms with Gasteiger partial charge in [-0.25, -0.2) is 4.98 Å². The number of hydrogen-bond donors (Lipinski definition) is 2. The third kappa shape index (κ3) is 3.82. The minimum atomic E-state index is -0.169. The summed E-state index contributed by atoms with van der Waals surface area (Å²) < 4.78 is 1.89. The molecule has 7 nitrogen and oxygen atoms in total. The number of nitrogens with zero attached hydrogens (tertiary/aromatic N) is 4. The number of thiazole rings is 1. The van der Waals surface area contributed by atoms with E-state index in [2.05, 4.69) is 20.3 Å². The summed E-state index contributed by atoms with van der Waals surface area (Å²) in [5.74, 6) is 0.429. The van der Waals surface area contributed by atoms with E-state index in [1.54, 1.807) is 12.4 Å². The predicted molar refractivity (Wildman–Crippen MR) is 93.1 cm³/mol. The van der Waals surface area contributed by atoms with E-state index in [1.165, 1.54) is 17.0 Å². The highest BCUT2D eigenvalue weighted by atomic mass is 32.1. The summed E-state index contributed by atoms with van der Waals surface area (Å²) in [5.41, 5.74) is 1.18. The van der Waals surface area contributed by atoms with Crippen LogP contribution in [0.5, 0.6) is 0 Å². The number of carbonyl (C=O) groups excluding carboxylic acids is 1. The molecule has 1 aliphatic rings. The molecule has 2 aromatic heterocycles. The number of anilines is 1. The molecule has 0 spiro atoms. The lowest BCUT2D eigenvalue weighted by molar-refractivity contribution is -0.121. The number of aliphatic hydroxyl groups excluding tert-OH is 1. The monoisotopic (exact) mass is 349 g/mol. The van der Waals surface area contributed by atoms with Gasteiger partial charge in [0, 0.05) is 29.4 Å². The molecule has 130 valence electrons. The summed E-state index contributed by atoms with van der Waals surface area (Å²) in [4.78, 5) is 18.6. The summed E-state index contributed by atoms with van der Waals surface area (Å²) in [6.07, 6.45) is 5.46. The first-order chi connectivity index (χ1) is 11.7. The van der Waals surface area contributed by atoms with Crippen LogP contribution in [0, 0.1) is 0 Å². The van der Waals surface area contributed by atoms with Crippen LogP contribution in [0.3, 0.4) is 0 Å². The zero-order valence-electron chi connectivity index (χ0n) is 13.8. The number of aromatic nitrogens is 3. The molecule has 1 saturated heterocycles. The van der Waals surface area contributed by atoms with E-state index in [-0.39, 0.29) is 18.6 Å². The molecular weight excluding hydrogens is 326 g/mol. The summed E-state index contributed by atoms with van der Waals surface area (Å²) in [6, 6.07) is 1.87. The topological polar surface area (TPSA) is 83.3 Å². The van der Waals surface area contributed by atoms with Crippen molar-refractivity contribution in [1.82, 2.24) is 19.7 Å². The maximum absolute atomic E-state index is 12.3. The Labute approximate surface area is 145 Å². The molecule has 3 heterocycles. The van der Waals surface area contributed by atoms with Crippen LogP contribution in [0.15, 0.2) is 23.8 Å². The van der Waals surface area contributed by atoms with Crippen molar-refractivity contribution < 1.29 is 9.90 Å². The molecule has 1 atom stereocenters. The number of amides is 1. The lowest BCUT2D eigenvalue weighted by atomic mass is 9.92. The van der Waals surface area contributed by atoms with Crippen molar-refractivity contribution in [2.24, 2.45) is 0 Å². The fourth-order valence-corrected chi connectivity index (χ4v) is 3.75. The smallest absolute Gasteiger partial charge is 0.243 e. The minimum Gasteiger partial charge on any atom is -0.394 e. The first-order valence-corrected chi connectivity index (χ1v) is 9.14. The zero-order chi connectivity index (χ0) is 16.9. The van der Waals surface area contributed by atoms with Gasteiger partial charge in [-0.15, -0.1) is 11.3 Å². The Hall–Kier alpha value is -1.77. The highest BCUT2D eigenvalue weighted by molar-refractivity contribution is 7.13. The number of likely N-dealkylation sites (tertiary alicyclic amines) is 1. The van der Waals surface area contributed by atoms with E-state index in [4.69, 9.17) is 5.11 Å². The van der Waals surface area contributed by atoms with E-state index < -0.39 is 0 Å². The van der Waals surface area contributed by atoms with Gasteiger partial charge in [0.2, 0.25) is 5.91 Å². The molecule has 0 radical (unpaired) electrons. The number of carbonyl (C=O) groups is 1. The average molecular weight is 349 g/mol. The Kier molecular flexibility index (Phi) is 5.60. The number of nitrogens with one attached hydrogen (secondary N) is 1. The van der Waals surface area contributed by atoms with Crippen molar-refractivity contribution in [3.05, 3.63) is 29.5 Å². The van der Waals surface area contributed by atoms with Crippen molar-refractivity contribution in [3.8, 4) is 0 Å². The highest BCUT2D eigenvalue weighted by Gasteiger charge is 2.28. The van der Waals surface area contributed by atoms with Crippen molar-refractivity contribution in [2.45, 2.75) is 38.3 Å². The second-order valence-electron chi connectivity index (χ2n) is 6.02. The van der Waals surface area contributed by atoms with Gasteiger partial charge in [0.25, 0.3) is 0 Å². The van der Waals surface area contributed by atoms with Gasteiger partial charge in [0.1, 0.15) is 0 Å². The van der Waals surface area contributed by atoms with Gasteiger partial charge >= 0.3 is 0 Å². The predicted octanol–water partition coefficient (Wildman–Crippen LogP) is 1.54. The van der Waals surface area contributed by atoms with Gasteiger partial charge in [0.05, 0.1) is 19.2 Å². The Morgan fingerprint density at radius 1 is 1.46 bits per heavy atom. The largest absolute Gasteiger partial charge is 0.394 e. The van der Waals surface area contributed by atoms with E-state index >= 15 is 0 Å². The Morgan fingerprint density at radius 3 is 2.92 bits per heavy atom. The Morgan fingerprint density at radius 2 is 2.25 bits per heavy atom. The molecule has 2 aromatic rings. The summed E-state index contributed by atoms with van der Waals surface area (Å²) in [7, 11) is 0. The van der Waals surface area contributed by atoms with Crippen molar-refractivity contribution in [1.29, 1.82) is 0 Å². The minimum absolute atomic E-state index is 0.00581. The average Bonchev–Trinajstić information content (AvgIpc) is 3.26. The zero-order valence-corrected chi connectivity index (χ0v) is 14.6. The molecule has 1 fully saturated rings. The molecule has 3 rings (SSSR count). The number of aliphatic hydroxyl groups is 1. The fourth-order valence-electron chi connectivity index (χ4n) is 3.21. The van der Waals surface area contributed by atoms with Crippen LogP contribution < -0.4 is 5.32 Å². The molecule has 24 heavy (non-hydrogen) atoms. The van der Waals surface area contributed by atoms with Gasteiger partial charge in [-0.3, -0.25) is 14.4 Å². The third-order valence-corrected chi connectivity index (χ3v) is 5.29. The van der Waals surface area contributed by atoms with Crippen LogP contribution in [-0.2, 0) is 11.3 Å². The van der Waals surface area contributed by atoms with E-state index in [9.17, 15) is 4.79 Å². The number of rotatable bonds is 6. The Balaban J connectivity index is 1.54. The molecule has 1 aliphatic heterocycles. The lowest BCUT2D eigenvalue weighted by Crippen LogP contribution is -2.45. The molecule has 8 heteroatoms. The molecule has 0 aliphatic carbocycles. The van der Waals surface area contributed by atoms with Crippen LogP contribution in [-0.4, -0.2) is 56.4 Å². The molecule has 2 N–H and O–H groups in total. The second-order valence-corrected chi connectivity index (χ2v) is 6.91. The van der Waals surface area contributed by atoms with Gasteiger partial charge in [-0.05, 0) is 38.9 Å². The first kappa shape index (κ1) is 17.1. The van der Waals surface area contributed by atoms with Gasteiger partial charge in [-0.1, -0.05) is 0 Å². The SMILES string of the molecule is CC(C(=O)Nc1nccs1)N1CCC(c2ccnn2CCO)CC1. The van der Waals surface area contributed by atoms with Gasteiger partial charge < -0.3 is 10.4 Å². The molecule has 0 saturated carbocycles. The normalized spacial score (nSPS) is 17.8. The second kappa shape index (κ2) is 7.87. The van der Waals surface area contributed by atoms with Crippen molar-refractivity contribution in [3.63, 3.8) is 0 Å². The summed E-state index contributed by atoms with van der Waals surface area (Å²) in [6.45, 7) is 4.33. The van der Waals surface area contributed by atoms with Crippen LogP contribution in [0.1, 0.15) is 31.4 Å². The van der Waals surface area contributed by atoms with Crippen LogP contribution >= 0.6 is 11.3 Å². The van der Waals surface area contributed by atoms with Crippen molar-refractivity contribution in [2.75, 3.05) is 25.0 Å². The third-order valence-electron chi connectivity index (χ3n) is 4.60. The van der Waals surface area contributed by atoms with Crippen LogP contribution in [0.2, 0.25) is 0 Å². The first-order valence-electron chi connectivity index (χ1n) is 8.26. The van der Waals surface area contributed by atoms with Crippen molar-refractivity contribution >= 4 is 22.4 Å². The van der Waals surface area contributed by atoms with Gasteiger partial charge in [0.15, 0.2) is 5.13 Å². The summed E-state index contributed by atoms with van der Waals surface area (Å²) in [5, 5.41) is 18.8. The molecular formula is C16H23N5O2S. The maximum atomic E-state index is 12.3. The lowest BCUT2D eigenvalue weighted by Gasteiger charge is -2.35. The fraction of sp³-hybridized carbons (Fsp3) is 0.562. The van der Waals surface area contributed by atoms with E-state index in [0.29, 0.717) is 17.6 Å².